The summed E-state index contributed by atoms with van der Waals surface area (Å²) in [6.45, 7) is 0.438. The molecule has 1 aromatic heterocycles. The highest BCUT2D eigenvalue weighted by atomic mass is 19.1. The quantitative estimate of drug-likeness (QED) is 0.344. The molecule has 0 aliphatic carbocycles. The fourth-order valence-electron chi connectivity index (χ4n) is 3.23. The molecule has 1 heterocycles. The number of ether oxygens (including phenoxy) is 1. The molecule has 2 atom stereocenters. The molecule has 0 saturated heterocycles. The summed E-state index contributed by atoms with van der Waals surface area (Å²) in [6, 6.07) is 9.27. The minimum absolute atomic E-state index is 0.0205. The topological polar surface area (TPSA) is 144 Å². The molecule has 2 rings (SSSR count). The number of carboxylic acids is 1. The number of carbonyl (C=O) groups is 4. The molecule has 2 aromatic rings. The van der Waals surface area contributed by atoms with E-state index in [2.05, 4.69) is 10.6 Å². The number of aromatic nitrogens is 1. The number of hydrogen-bond donors (Lipinski definition) is 3. The van der Waals surface area contributed by atoms with E-state index in [1.807, 2.05) is 30.3 Å². The number of pyridine rings is 1. The van der Waals surface area contributed by atoms with Gasteiger partial charge in [0.25, 0.3) is 5.56 Å². The minimum atomic E-state index is -1.60. The van der Waals surface area contributed by atoms with Gasteiger partial charge in [-0.3, -0.25) is 24.0 Å². The summed E-state index contributed by atoms with van der Waals surface area (Å²) in [6.07, 6.45) is 0.628. The van der Waals surface area contributed by atoms with E-state index < -0.39 is 54.3 Å². The van der Waals surface area contributed by atoms with Crippen LogP contribution in [0.2, 0.25) is 0 Å². The number of aliphatic carboxylic acids is 1. The van der Waals surface area contributed by atoms with Crippen molar-refractivity contribution in [1.29, 1.82) is 0 Å². The number of carboxylic acid groups (broad SMARTS) is 1. The lowest BCUT2D eigenvalue weighted by atomic mass is 10.1. The zero-order valence-electron chi connectivity index (χ0n) is 19.2. The van der Waals surface area contributed by atoms with Crippen molar-refractivity contribution in [1.82, 2.24) is 9.88 Å². The van der Waals surface area contributed by atoms with Crippen LogP contribution in [-0.2, 0) is 30.5 Å². The van der Waals surface area contributed by atoms with Crippen LogP contribution in [0.15, 0.2) is 53.5 Å². The molecule has 11 heteroatoms. The van der Waals surface area contributed by atoms with Gasteiger partial charge in [-0.2, -0.15) is 0 Å². The van der Waals surface area contributed by atoms with E-state index in [-0.39, 0.29) is 31.7 Å². The smallest absolute Gasteiger partial charge is 0.305 e. The van der Waals surface area contributed by atoms with Crippen molar-refractivity contribution in [3.63, 3.8) is 0 Å². The standard InChI is InChI=1S/C24H28FN3O7/c1-2-21(30)26-17-9-6-11-28(24(17)34)19(10-12-35-15-16-7-4-3-5-8-16)23(33)27-18(13-22(31)32)20(29)14-25/h3-9,11,18-19H,2,10,12-15H2,1H3,(H,26,30)(H,27,33)(H,31,32). The molecule has 0 radical (unpaired) electrons. The molecule has 1 aromatic carbocycles. The van der Waals surface area contributed by atoms with E-state index in [0.29, 0.717) is 0 Å². The van der Waals surface area contributed by atoms with Crippen molar-refractivity contribution >= 4 is 29.3 Å². The Labute approximate surface area is 201 Å². The molecule has 0 fully saturated rings. The zero-order chi connectivity index (χ0) is 25.8. The molecule has 0 spiro atoms. The molecule has 188 valence electrons. The second kappa shape index (κ2) is 13.8. The van der Waals surface area contributed by atoms with E-state index in [1.54, 1.807) is 6.92 Å². The average Bonchev–Trinajstić information content (AvgIpc) is 2.85. The van der Waals surface area contributed by atoms with Crippen molar-refractivity contribution in [2.45, 2.75) is 44.9 Å². The Bertz CT molecular complexity index is 1090. The third kappa shape index (κ3) is 8.45. The summed E-state index contributed by atoms with van der Waals surface area (Å²) in [5, 5.41) is 13.7. The molecule has 10 nitrogen and oxygen atoms in total. The second-order valence-corrected chi connectivity index (χ2v) is 7.64. The number of hydrogen-bond acceptors (Lipinski definition) is 6. The van der Waals surface area contributed by atoms with Gasteiger partial charge in [-0.05, 0) is 17.7 Å². The van der Waals surface area contributed by atoms with Gasteiger partial charge >= 0.3 is 5.97 Å². The third-order valence-corrected chi connectivity index (χ3v) is 5.07. The Morgan fingerprint density at radius 3 is 2.46 bits per heavy atom. The predicted molar refractivity (Wildman–Crippen MR) is 125 cm³/mol. The van der Waals surface area contributed by atoms with Gasteiger partial charge in [0.1, 0.15) is 24.4 Å². The third-order valence-electron chi connectivity index (χ3n) is 5.07. The van der Waals surface area contributed by atoms with Gasteiger partial charge in [0.15, 0.2) is 5.78 Å². The molecular weight excluding hydrogens is 461 g/mol. The van der Waals surface area contributed by atoms with Gasteiger partial charge in [-0.15, -0.1) is 0 Å². The number of amides is 2. The minimum Gasteiger partial charge on any atom is -0.481 e. The fraction of sp³-hybridized carbons (Fsp3) is 0.375. The van der Waals surface area contributed by atoms with Gasteiger partial charge in [0, 0.05) is 25.6 Å². The van der Waals surface area contributed by atoms with E-state index >= 15 is 0 Å². The predicted octanol–water partition coefficient (Wildman–Crippen LogP) is 1.84. The first kappa shape index (κ1) is 27.4. The number of benzene rings is 1. The molecule has 35 heavy (non-hydrogen) atoms. The molecular formula is C24H28FN3O7. The van der Waals surface area contributed by atoms with Crippen LogP contribution < -0.4 is 16.2 Å². The maximum Gasteiger partial charge on any atom is 0.305 e. The Kier molecular flexibility index (Phi) is 10.8. The summed E-state index contributed by atoms with van der Waals surface area (Å²) in [5.74, 6) is -3.76. The molecule has 0 aliphatic rings. The summed E-state index contributed by atoms with van der Waals surface area (Å²) in [5.41, 5.74) is 0.165. The van der Waals surface area contributed by atoms with Crippen molar-refractivity contribution in [2.75, 3.05) is 18.6 Å². The largest absolute Gasteiger partial charge is 0.481 e. The van der Waals surface area contributed by atoms with Crippen LogP contribution >= 0.6 is 0 Å². The highest BCUT2D eigenvalue weighted by molar-refractivity contribution is 5.93. The van der Waals surface area contributed by atoms with Crippen molar-refractivity contribution in [2.24, 2.45) is 0 Å². The number of alkyl halides is 1. The van der Waals surface area contributed by atoms with Crippen LogP contribution in [0, 0.1) is 0 Å². The summed E-state index contributed by atoms with van der Waals surface area (Å²) in [7, 11) is 0. The van der Waals surface area contributed by atoms with Gasteiger partial charge in [0.05, 0.1) is 13.0 Å². The molecule has 2 unspecified atom stereocenters. The Balaban J connectivity index is 2.27. The maximum atomic E-state index is 13.1. The van der Waals surface area contributed by atoms with Crippen LogP contribution in [0.3, 0.4) is 0 Å². The number of halogens is 1. The van der Waals surface area contributed by atoms with E-state index in [0.717, 1.165) is 10.1 Å². The SMILES string of the molecule is CCC(=O)Nc1cccn(C(CCOCc2ccccc2)C(=O)NC(CC(=O)O)C(=O)CF)c1=O. The molecule has 2 amide bonds. The first-order chi connectivity index (χ1) is 16.8. The Morgan fingerprint density at radius 1 is 1.11 bits per heavy atom. The lowest BCUT2D eigenvalue weighted by Crippen LogP contribution is -2.47. The molecule has 3 N–H and O–H groups in total. The first-order valence-corrected chi connectivity index (χ1v) is 11.0. The van der Waals surface area contributed by atoms with Crippen LogP contribution in [0.4, 0.5) is 10.1 Å². The number of nitrogens with zero attached hydrogens (tertiary/aromatic N) is 1. The molecule has 0 saturated carbocycles. The van der Waals surface area contributed by atoms with Crippen molar-refractivity contribution < 1.29 is 33.4 Å². The Hall–Kier alpha value is -3.86. The lowest BCUT2D eigenvalue weighted by Gasteiger charge is -2.23. The first-order valence-electron chi connectivity index (χ1n) is 11.0. The van der Waals surface area contributed by atoms with Gasteiger partial charge < -0.3 is 25.0 Å². The molecule has 0 aliphatic heterocycles. The second-order valence-electron chi connectivity index (χ2n) is 7.64. The van der Waals surface area contributed by atoms with Crippen LogP contribution in [0.1, 0.15) is 37.8 Å². The monoisotopic (exact) mass is 489 g/mol. The maximum absolute atomic E-state index is 13.1. The number of carbonyl (C=O) groups excluding carboxylic acids is 3. The van der Waals surface area contributed by atoms with Crippen LogP contribution in [-0.4, -0.2) is 52.6 Å². The van der Waals surface area contributed by atoms with Gasteiger partial charge in [-0.1, -0.05) is 37.3 Å². The van der Waals surface area contributed by atoms with Crippen LogP contribution in [0.25, 0.3) is 0 Å². The summed E-state index contributed by atoms with van der Waals surface area (Å²) in [4.78, 5) is 60.8. The number of ketones is 1. The normalized spacial score (nSPS) is 12.4. The number of rotatable bonds is 14. The number of nitrogens with one attached hydrogen (secondary N) is 2. The molecule has 0 bridgehead atoms. The van der Waals surface area contributed by atoms with Crippen molar-refractivity contribution in [3.05, 3.63) is 64.6 Å². The average molecular weight is 490 g/mol. The van der Waals surface area contributed by atoms with Crippen LogP contribution in [0.5, 0.6) is 0 Å². The van der Waals surface area contributed by atoms with Crippen molar-refractivity contribution in [3.8, 4) is 0 Å². The van der Waals surface area contributed by atoms with E-state index in [4.69, 9.17) is 9.84 Å². The number of Topliss-reactive ketones (excluding diaryl/α,β-unsaturated/α-hetero) is 1. The summed E-state index contributed by atoms with van der Waals surface area (Å²) >= 11 is 0. The fourth-order valence-corrected chi connectivity index (χ4v) is 3.23. The van der Waals surface area contributed by atoms with Gasteiger partial charge in [0.2, 0.25) is 11.8 Å². The van der Waals surface area contributed by atoms with Gasteiger partial charge in [-0.25, -0.2) is 4.39 Å². The highest BCUT2D eigenvalue weighted by Gasteiger charge is 2.29. The highest BCUT2D eigenvalue weighted by Crippen LogP contribution is 2.14. The zero-order valence-corrected chi connectivity index (χ0v) is 19.2. The van der Waals surface area contributed by atoms with E-state index in [9.17, 15) is 28.4 Å². The Morgan fingerprint density at radius 2 is 1.83 bits per heavy atom. The summed E-state index contributed by atoms with van der Waals surface area (Å²) < 4.78 is 19.6. The lowest BCUT2D eigenvalue weighted by molar-refractivity contribution is -0.140. The number of anilines is 1. The van der Waals surface area contributed by atoms with E-state index in [1.165, 1.54) is 18.3 Å².